The fraction of sp³-hybridized carbons (Fsp3) is 0.250. The van der Waals surface area contributed by atoms with E-state index in [0.717, 1.165) is 21.8 Å². The molecular formula is C20H20BrFN2O4S. The molecule has 154 valence electrons. The molecule has 29 heavy (non-hydrogen) atoms. The third-order valence-electron chi connectivity index (χ3n) is 3.73. The van der Waals surface area contributed by atoms with Crippen LogP contribution in [0.25, 0.3) is 0 Å². The average molecular weight is 483 g/mol. The molecule has 1 unspecified atom stereocenters. The van der Waals surface area contributed by atoms with E-state index in [1.807, 2.05) is 13.0 Å². The van der Waals surface area contributed by atoms with E-state index in [9.17, 15) is 18.8 Å². The van der Waals surface area contributed by atoms with E-state index in [4.69, 9.17) is 4.74 Å². The van der Waals surface area contributed by atoms with Gasteiger partial charge in [-0.05, 0) is 55.8 Å². The molecule has 0 heterocycles. The van der Waals surface area contributed by atoms with E-state index in [1.54, 1.807) is 19.1 Å². The summed E-state index contributed by atoms with van der Waals surface area (Å²) in [6.45, 7) is 3.10. The van der Waals surface area contributed by atoms with Crippen LogP contribution in [0.15, 0.2) is 46.9 Å². The fourth-order valence-electron chi connectivity index (χ4n) is 2.12. The number of anilines is 2. The Labute approximate surface area is 180 Å². The number of thioether (sulfide) groups is 1. The smallest absolute Gasteiger partial charge is 0.319 e. The Balaban J connectivity index is 1.71. The molecule has 0 bridgehead atoms. The number of hydrogen-bond acceptors (Lipinski definition) is 5. The van der Waals surface area contributed by atoms with Crippen molar-refractivity contribution in [2.75, 3.05) is 23.0 Å². The first-order valence-corrected chi connectivity index (χ1v) is 10.5. The maximum Gasteiger partial charge on any atom is 0.319 e. The molecule has 2 aromatic rings. The van der Waals surface area contributed by atoms with Crippen LogP contribution in [-0.4, -0.2) is 35.4 Å². The summed E-state index contributed by atoms with van der Waals surface area (Å²) in [5.74, 6) is -1.76. The van der Waals surface area contributed by atoms with Crippen molar-refractivity contribution in [2.45, 2.75) is 19.1 Å². The van der Waals surface area contributed by atoms with E-state index in [1.165, 1.54) is 24.3 Å². The number of rotatable bonds is 8. The molecule has 6 nitrogen and oxygen atoms in total. The van der Waals surface area contributed by atoms with Gasteiger partial charge in [-0.15, -0.1) is 11.8 Å². The van der Waals surface area contributed by atoms with Gasteiger partial charge in [-0.1, -0.05) is 22.0 Å². The van der Waals surface area contributed by atoms with Crippen LogP contribution in [-0.2, 0) is 19.1 Å². The Bertz CT molecular complexity index is 893. The molecule has 0 saturated carbocycles. The monoisotopic (exact) mass is 482 g/mol. The van der Waals surface area contributed by atoms with Crippen LogP contribution in [0.5, 0.6) is 0 Å². The maximum atomic E-state index is 12.9. The zero-order valence-corrected chi connectivity index (χ0v) is 18.2. The molecule has 0 saturated heterocycles. The average Bonchev–Trinajstić information content (AvgIpc) is 2.69. The van der Waals surface area contributed by atoms with Gasteiger partial charge in [0.1, 0.15) is 11.1 Å². The quantitative estimate of drug-likeness (QED) is 0.552. The summed E-state index contributed by atoms with van der Waals surface area (Å²) in [6, 6.07) is 10.7. The first-order valence-electron chi connectivity index (χ1n) is 8.64. The Morgan fingerprint density at radius 1 is 1.07 bits per heavy atom. The van der Waals surface area contributed by atoms with Gasteiger partial charge < -0.3 is 15.4 Å². The molecule has 0 spiro atoms. The lowest BCUT2D eigenvalue weighted by atomic mass is 10.2. The Morgan fingerprint density at radius 3 is 2.34 bits per heavy atom. The second-order valence-corrected chi connectivity index (χ2v) is 8.31. The molecule has 2 N–H and O–H groups in total. The number of amides is 2. The Morgan fingerprint density at radius 2 is 1.69 bits per heavy atom. The molecule has 0 radical (unpaired) electrons. The van der Waals surface area contributed by atoms with Gasteiger partial charge in [0.2, 0.25) is 5.91 Å². The Hall–Kier alpha value is -2.39. The number of aryl methyl sites for hydroxylation is 1. The second kappa shape index (κ2) is 11.0. The number of carbonyl (C=O) groups excluding carboxylic acids is 3. The minimum atomic E-state index is -0.629. The minimum absolute atomic E-state index is 0.0111. The van der Waals surface area contributed by atoms with Crippen molar-refractivity contribution in [1.82, 2.24) is 0 Å². The van der Waals surface area contributed by atoms with Crippen molar-refractivity contribution in [3.8, 4) is 0 Å². The number of ether oxygens (including phenoxy) is 1. The molecule has 0 fully saturated rings. The number of carbonyl (C=O) groups is 3. The van der Waals surface area contributed by atoms with Crippen molar-refractivity contribution in [3.63, 3.8) is 0 Å². The van der Waals surface area contributed by atoms with E-state index < -0.39 is 29.6 Å². The summed E-state index contributed by atoms with van der Waals surface area (Å²) in [6.07, 6.45) is 0. The van der Waals surface area contributed by atoms with Gasteiger partial charge in [-0.2, -0.15) is 0 Å². The summed E-state index contributed by atoms with van der Waals surface area (Å²) in [5.41, 5.74) is 2.08. The minimum Gasteiger partial charge on any atom is -0.455 e. The molecule has 0 aromatic heterocycles. The molecule has 0 aliphatic heterocycles. The van der Waals surface area contributed by atoms with Gasteiger partial charge in [0.05, 0.1) is 5.75 Å². The van der Waals surface area contributed by atoms with Crippen molar-refractivity contribution >= 4 is 56.9 Å². The fourth-order valence-corrected chi connectivity index (χ4v) is 3.18. The van der Waals surface area contributed by atoms with E-state index in [2.05, 4.69) is 26.6 Å². The third-order valence-corrected chi connectivity index (χ3v) is 5.70. The van der Waals surface area contributed by atoms with E-state index in [-0.39, 0.29) is 11.7 Å². The number of benzene rings is 2. The summed E-state index contributed by atoms with van der Waals surface area (Å²) >= 11 is 4.46. The summed E-state index contributed by atoms with van der Waals surface area (Å²) in [5, 5.41) is 4.62. The largest absolute Gasteiger partial charge is 0.455 e. The standard InChI is InChI=1S/C20H20BrFN2O4S/c1-12-3-6-16(9-17(12)21)24-18(25)10-28-20(27)13(2)29-11-19(26)23-15-7-4-14(22)5-8-15/h3-9,13H,10-11H2,1-2H3,(H,23,26)(H,24,25). The highest BCUT2D eigenvalue weighted by atomic mass is 79.9. The molecule has 2 rings (SSSR count). The molecule has 0 aliphatic carbocycles. The SMILES string of the molecule is Cc1ccc(NC(=O)COC(=O)C(C)SCC(=O)Nc2ccc(F)cc2)cc1Br. The first kappa shape index (κ1) is 22.9. The van der Waals surface area contributed by atoms with E-state index in [0.29, 0.717) is 11.4 Å². The second-order valence-electron chi connectivity index (χ2n) is 6.13. The highest BCUT2D eigenvalue weighted by Crippen LogP contribution is 2.20. The van der Waals surface area contributed by atoms with E-state index >= 15 is 0 Å². The van der Waals surface area contributed by atoms with Crippen LogP contribution >= 0.6 is 27.7 Å². The predicted octanol–water partition coefficient (Wildman–Crippen LogP) is 4.14. The van der Waals surface area contributed by atoms with Crippen LogP contribution in [0.2, 0.25) is 0 Å². The van der Waals surface area contributed by atoms with Crippen LogP contribution in [0.4, 0.5) is 15.8 Å². The summed E-state index contributed by atoms with van der Waals surface area (Å²) < 4.78 is 18.7. The van der Waals surface area contributed by atoms with Gasteiger partial charge in [0, 0.05) is 15.8 Å². The molecular weight excluding hydrogens is 463 g/mol. The van der Waals surface area contributed by atoms with Crippen molar-refractivity contribution < 1.29 is 23.5 Å². The normalized spacial score (nSPS) is 11.4. The lowest BCUT2D eigenvalue weighted by Gasteiger charge is -2.12. The summed E-state index contributed by atoms with van der Waals surface area (Å²) in [4.78, 5) is 35.8. The first-order chi connectivity index (χ1) is 13.7. The zero-order chi connectivity index (χ0) is 21.4. The number of esters is 1. The maximum absolute atomic E-state index is 12.9. The lowest BCUT2D eigenvalue weighted by molar-refractivity contribution is -0.146. The van der Waals surface area contributed by atoms with Crippen LogP contribution in [0.3, 0.4) is 0 Å². The van der Waals surface area contributed by atoms with Gasteiger partial charge in [-0.25, -0.2) is 4.39 Å². The molecule has 0 aliphatic rings. The Kier molecular flexibility index (Phi) is 8.66. The molecule has 9 heteroatoms. The number of hydrogen-bond donors (Lipinski definition) is 2. The highest BCUT2D eigenvalue weighted by molar-refractivity contribution is 9.10. The zero-order valence-electron chi connectivity index (χ0n) is 15.8. The van der Waals surface area contributed by atoms with Gasteiger partial charge >= 0.3 is 5.97 Å². The van der Waals surface area contributed by atoms with Gasteiger partial charge in [0.15, 0.2) is 6.61 Å². The molecule has 1 atom stereocenters. The van der Waals surface area contributed by atoms with Crippen molar-refractivity contribution in [2.24, 2.45) is 0 Å². The lowest BCUT2D eigenvalue weighted by Crippen LogP contribution is -2.26. The van der Waals surface area contributed by atoms with Crippen LogP contribution in [0, 0.1) is 12.7 Å². The van der Waals surface area contributed by atoms with Crippen molar-refractivity contribution in [3.05, 3.63) is 58.3 Å². The van der Waals surface area contributed by atoms with Gasteiger partial charge in [0.25, 0.3) is 5.91 Å². The molecule has 2 amide bonds. The predicted molar refractivity (Wildman–Crippen MR) is 115 cm³/mol. The topological polar surface area (TPSA) is 84.5 Å². The van der Waals surface area contributed by atoms with Crippen LogP contribution in [0.1, 0.15) is 12.5 Å². The molecule has 2 aromatic carbocycles. The summed E-state index contributed by atoms with van der Waals surface area (Å²) in [7, 11) is 0. The highest BCUT2D eigenvalue weighted by Gasteiger charge is 2.18. The van der Waals surface area contributed by atoms with Crippen molar-refractivity contribution in [1.29, 1.82) is 0 Å². The number of halogens is 2. The number of nitrogens with one attached hydrogen (secondary N) is 2. The van der Waals surface area contributed by atoms with Crippen LogP contribution < -0.4 is 10.6 Å². The third kappa shape index (κ3) is 7.86. The van der Waals surface area contributed by atoms with Gasteiger partial charge in [-0.3, -0.25) is 14.4 Å².